The van der Waals surface area contributed by atoms with Crippen molar-refractivity contribution in [1.82, 2.24) is 20.0 Å². The van der Waals surface area contributed by atoms with Gasteiger partial charge in [0.2, 0.25) is 5.91 Å². The number of nitrogens with zero attached hydrogens (tertiary/aromatic N) is 3. The predicted octanol–water partition coefficient (Wildman–Crippen LogP) is 5.07. The molecule has 2 heterocycles. The monoisotopic (exact) mass is 422 g/mol. The summed E-state index contributed by atoms with van der Waals surface area (Å²) in [4.78, 5) is 22.4. The van der Waals surface area contributed by atoms with E-state index in [0.29, 0.717) is 29.7 Å². The Morgan fingerprint density at radius 1 is 1.20 bits per heavy atom. The maximum Gasteiger partial charge on any atom is 0.274 e. The number of aromatic nitrogens is 3. The number of nitrogens with one attached hydrogen (secondary N) is 1. The number of likely N-dealkylation sites (N-methyl/N-ethyl adjacent to an activating group) is 1. The van der Waals surface area contributed by atoms with Gasteiger partial charge in [-0.15, -0.1) is 0 Å². The summed E-state index contributed by atoms with van der Waals surface area (Å²) in [5.74, 6) is 0.936. The Morgan fingerprint density at radius 2 is 2.00 bits per heavy atom. The second-order valence-electron chi connectivity index (χ2n) is 7.31. The Morgan fingerprint density at radius 3 is 2.77 bits per heavy atom. The molecule has 0 aliphatic rings. The van der Waals surface area contributed by atoms with Crippen molar-refractivity contribution in [3.05, 3.63) is 71.0 Å². The maximum atomic E-state index is 12.9. The summed E-state index contributed by atoms with van der Waals surface area (Å²) in [6.07, 6.45) is 1.27. The molecule has 0 saturated heterocycles. The van der Waals surface area contributed by atoms with Gasteiger partial charge in [-0.05, 0) is 36.2 Å². The van der Waals surface area contributed by atoms with Crippen molar-refractivity contribution in [3.63, 3.8) is 0 Å². The fourth-order valence-electron chi connectivity index (χ4n) is 3.57. The highest BCUT2D eigenvalue weighted by atomic mass is 35.5. The van der Waals surface area contributed by atoms with Crippen molar-refractivity contribution >= 4 is 28.4 Å². The average Bonchev–Trinajstić information content (AvgIpc) is 3.39. The summed E-state index contributed by atoms with van der Waals surface area (Å²) in [5.41, 5.74) is 2.73. The first-order chi connectivity index (χ1) is 14.5. The van der Waals surface area contributed by atoms with Gasteiger partial charge in [-0.2, -0.15) is 4.98 Å². The quantitative estimate of drug-likeness (QED) is 0.451. The van der Waals surface area contributed by atoms with Crippen LogP contribution in [0, 0.1) is 0 Å². The number of carbonyl (C=O) groups excluding carboxylic acids is 1. The first-order valence-corrected chi connectivity index (χ1v) is 10.3. The van der Waals surface area contributed by atoms with Crippen LogP contribution >= 0.6 is 11.6 Å². The highest BCUT2D eigenvalue weighted by Crippen LogP contribution is 2.25. The van der Waals surface area contributed by atoms with Gasteiger partial charge in [-0.1, -0.05) is 54.0 Å². The van der Waals surface area contributed by atoms with E-state index in [9.17, 15) is 4.79 Å². The SMILES string of the molecule is CC[C@@H](C(=O)N(C)CCc1noc(-c2cc3cc(Cl)ccc3[nH]2)n1)c1ccccc1. The Kier molecular flexibility index (Phi) is 5.86. The highest BCUT2D eigenvalue weighted by molar-refractivity contribution is 6.31. The van der Waals surface area contributed by atoms with Crippen LogP contribution in [-0.4, -0.2) is 39.5 Å². The van der Waals surface area contributed by atoms with Gasteiger partial charge in [0.25, 0.3) is 5.89 Å². The van der Waals surface area contributed by atoms with Gasteiger partial charge in [0, 0.05) is 35.9 Å². The molecule has 7 heteroatoms. The number of benzene rings is 2. The van der Waals surface area contributed by atoms with E-state index < -0.39 is 0 Å². The smallest absolute Gasteiger partial charge is 0.274 e. The van der Waals surface area contributed by atoms with Gasteiger partial charge in [0.15, 0.2) is 5.82 Å². The van der Waals surface area contributed by atoms with Crippen LogP contribution in [0.1, 0.15) is 30.7 Å². The fourth-order valence-corrected chi connectivity index (χ4v) is 3.75. The molecule has 2 aromatic carbocycles. The summed E-state index contributed by atoms with van der Waals surface area (Å²) in [7, 11) is 1.82. The normalized spacial score (nSPS) is 12.2. The van der Waals surface area contributed by atoms with Gasteiger partial charge in [-0.25, -0.2) is 0 Å². The lowest BCUT2D eigenvalue weighted by molar-refractivity contribution is -0.131. The van der Waals surface area contributed by atoms with E-state index in [2.05, 4.69) is 15.1 Å². The molecule has 2 aromatic heterocycles. The molecule has 4 rings (SSSR count). The van der Waals surface area contributed by atoms with E-state index in [1.807, 2.05) is 68.6 Å². The summed E-state index contributed by atoms with van der Waals surface area (Å²) in [6.45, 7) is 2.55. The Bertz CT molecular complexity index is 1150. The zero-order chi connectivity index (χ0) is 21.1. The van der Waals surface area contributed by atoms with Crippen molar-refractivity contribution in [1.29, 1.82) is 0 Å². The van der Waals surface area contributed by atoms with Gasteiger partial charge in [-0.3, -0.25) is 4.79 Å². The number of fused-ring (bicyclic) bond motifs is 1. The first-order valence-electron chi connectivity index (χ1n) is 9.96. The molecule has 30 heavy (non-hydrogen) atoms. The summed E-state index contributed by atoms with van der Waals surface area (Å²) >= 11 is 6.05. The summed E-state index contributed by atoms with van der Waals surface area (Å²) in [5, 5.41) is 5.72. The zero-order valence-corrected chi connectivity index (χ0v) is 17.7. The highest BCUT2D eigenvalue weighted by Gasteiger charge is 2.22. The van der Waals surface area contributed by atoms with Crippen molar-refractivity contribution in [2.75, 3.05) is 13.6 Å². The lowest BCUT2D eigenvalue weighted by Crippen LogP contribution is -2.33. The minimum absolute atomic E-state index is 0.0971. The molecule has 4 aromatic rings. The van der Waals surface area contributed by atoms with Gasteiger partial charge in [0.1, 0.15) is 5.69 Å². The third-order valence-electron chi connectivity index (χ3n) is 5.24. The molecule has 6 nitrogen and oxygen atoms in total. The van der Waals surface area contributed by atoms with Gasteiger partial charge in [0.05, 0.1) is 5.92 Å². The third-order valence-corrected chi connectivity index (χ3v) is 5.47. The Labute approximate surface area is 179 Å². The zero-order valence-electron chi connectivity index (χ0n) is 16.9. The number of hydrogen-bond acceptors (Lipinski definition) is 4. The fraction of sp³-hybridized carbons (Fsp3) is 0.261. The van der Waals surface area contributed by atoms with E-state index in [-0.39, 0.29) is 11.8 Å². The minimum Gasteiger partial charge on any atom is -0.351 e. The van der Waals surface area contributed by atoms with E-state index in [1.165, 1.54) is 0 Å². The Balaban J connectivity index is 1.41. The predicted molar refractivity (Wildman–Crippen MR) is 117 cm³/mol. The average molecular weight is 423 g/mol. The molecule has 0 radical (unpaired) electrons. The lowest BCUT2D eigenvalue weighted by atomic mass is 9.95. The molecule has 0 fully saturated rings. The van der Waals surface area contributed by atoms with Crippen LogP contribution in [0.3, 0.4) is 0 Å². The molecular formula is C23H23ClN4O2. The number of aromatic amines is 1. The van der Waals surface area contributed by atoms with E-state index in [0.717, 1.165) is 28.6 Å². The number of rotatable bonds is 7. The van der Waals surface area contributed by atoms with Crippen molar-refractivity contribution in [3.8, 4) is 11.6 Å². The second kappa shape index (κ2) is 8.71. The number of H-pyrrole nitrogens is 1. The topological polar surface area (TPSA) is 75.0 Å². The van der Waals surface area contributed by atoms with Crippen LogP contribution in [0.2, 0.25) is 5.02 Å². The maximum absolute atomic E-state index is 12.9. The minimum atomic E-state index is -0.143. The molecule has 0 spiro atoms. The molecule has 1 N–H and O–H groups in total. The molecule has 1 amide bonds. The van der Waals surface area contributed by atoms with Crippen LogP contribution in [0.4, 0.5) is 0 Å². The summed E-state index contributed by atoms with van der Waals surface area (Å²) in [6, 6.07) is 17.4. The van der Waals surface area contributed by atoms with Crippen LogP contribution < -0.4 is 0 Å². The van der Waals surface area contributed by atoms with E-state index >= 15 is 0 Å². The van der Waals surface area contributed by atoms with E-state index in [1.54, 1.807) is 4.90 Å². The summed E-state index contributed by atoms with van der Waals surface area (Å²) < 4.78 is 5.41. The Hall–Kier alpha value is -3.12. The molecule has 1 atom stereocenters. The lowest BCUT2D eigenvalue weighted by Gasteiger charge is -2.23. The van der Waals surface area contributed by atoms with Crippen LogP contribution in [0.15, 0.2) is 59.1 Å². The molecule has 0 bridgehead atoms. The van der Waals surface area contributed by atoms with Crippen LogP contribution in [0.5, 0.6) is 0 Å². The third kappa shape index (κ3) is 4.24. The number of hydrogen-bond donors (Lipinski definition) is 1. The number of carbonyl (C=O) groups is 1. The van der Waals surface area contributed by atoms with Gasteiger partial charge >= 0.3 is 0 Å². The molecule has 154 valence electrons. The van der Waals surface area contributed by atoms with Crippen molar-refractivity contribution in [2.45, 2.75) is 25.7 Å². The molecule has 0 unspecified atom stereocenters. The molecule has 0 aliphatic heterocycles. The van der Waals surface area contributed by atoms with Crippen LogP contribution in [-0.2, 0) is 11.2 Å². The van der Waals surface area contributed by atoms with Crippen molar-refractivity contribution < 1.29 is 9.32 Å². The molecular weight excluding hydrogens is 400 g/mol. The second-order valence-corrected chi connectivity index (χ2v) is 7.75. The van der Waals surface area contributed by atoms with Gasteiger partial charge < -0.3 is 14.4 Å². The number of halogens is 1. The first kappa shape index (κ1) is 20.2. The largest absolute Gasteiger partial charge is 0.351 e. The van der Waals surface area contributed by atoms with Crippen molar-refractivity contribution in [2.24, 2.45) is 0 Å². The van der Waals surface area contributed by atoms with Crippen LogP contribution in [0.25, 0.3) is 22.5 Å². The van der Waals surface area contributed by atoms with E-state index in [4.69, 9.17) is 16.1 Å². The number of amides is 1. The standard InChI is InChI=1S/C23H23ClN4O2/c1-3-18(15-7-5-4-6-8-15)23(29)28(2)12-11-21-26-22(30-27-21)20-14-16-13-17(24)9-10-19(16)25-20/h4-10,13-14,18,25H,3,11-12H2,1-2H3/t18-/m1/s1. The molecule has 0 saturated carbocycles. The molecule has 0 aliphatic carbocycles.